The zero-order valence-corrected chi connectivity index (χ0v) is 12.4. The van der Waals surface area contributed by atoms with Gasteiger partial charge in [0.05, 0.1) is 11.6 Å². The lowest BCUT2D eigenvalue weighted by molar-refractivity contribution is -0.140. The first-order chi connectivity index (χ1) is 7.95. The molecule has 0 heterocycles. The number of rotatable bonds is 4. The monoisotopic (exact) mass is 365 g/mol. The van der Waals surface area contributed by atoms with Crippen LogP contribution in [0.3, 0.4) is 0 Å². The van der Waals surface area contributed by atoms with E-state index in [1.807, 2.05) is 0 Å². The second kappa shape index (κ2) is 6.37. The van der Waals surface area contributed by atoms with Crippen molar-refractivity contribution < 1.29 is 14.6 Å². The van der Waals surface area contributed by atoms with Crippen LogP contribution >= 0.6 is 31.9 Å². The predicted molar refractivity (Wildman–Crippen MR) is 71.7 cm³/mol. The molecule has 0 fully saturated rings. The molecule has 3 N–H and O–H groups in total. The number of carbonyl (C=O) groups excluding carboxylic acids is 1. The van der Waals surface area contributed by atoms with Crippen molar-refractivity contribution in [2.45, 2.75) is 18.9 Å². The van der Waals surface area contributed by atoms with Crippen molar-refractivity contribution in [1.82, 2.24) is 0 Å². The molecule has 1 rings (SSSR count). The van der Waals surface area contributed by atoms with Gasteiger partial charge in [-0.15, -0.1) is 0 Å². The largest absolute Gasteiger partial charge is 0.506 e. The molecule has 1 aromatic carbocycles. The molecule has 0 saturated heterocycles. The summed E-state index contributed by atoms with van der Waals surface area (Å²) in [4.78, 5) is 11.0. The first-order valence-electron chi connectivity index (χ1n) is 4.96. The van der Waals surface area contributed by atoms with Crippen LogP contribution in [0.15, 0.2) is 21.1 Å². The molecule has 0 radical (unpaired) electrons. The molecule has 0 aliphatic rings. The molecule has 94 valence electrons. The Bertz CT molecular complexity index is 423. The lowest BCUT2D eigenvalue weighted by atomic mass is 10.0. The smallest absolute Gasteiger partial charge is 0.305 e. The normalized spacial score (nSPS) is 12.2. The molecule has 0 amide bonds. The van der Waals surface area contributed by atoms with Gasteiger partial charge in [-0.2, -0.15) is 0 Å². The number of esters is 1. The molecular formula is C11H13Br2NO3. The molecule has 1 atom stereocenters. The topological polar surface area (TPSA) is 72.5 Å². The number of benzene rings is 1. The second-order valence-corrected chi connectivity index (χ2v) is 5.32. The van der Waals surface area contributed by atoms with Gasteiger partial charge in [0, 0.05) is 22.5 Å². The van der Waals surface area contributed by atoms with E-state index in [1.165, 1.54) is 7.11 Å². The van der Waals surface area contributed by atoms with E-state index in [9.17, 15) is 9.90 Å². The maximum Gasteiger partial charge on any atom is 0.305 e. The zero-order valence-electron chi connectivity index (χ0n) is 9.24. The van der Waals surface area contributed by atoms with Gasteiger partial charge in [0.1, 0.15) is 5.75 Å². The molecule has 0 aromatic heterocycles. The Kier molecular flexibility index (Phi) is 5.42. The van der Waals surface area contributed by atoms with Crippen LogP contribution in [-0.4, -0.2) is 18.2 Å². The van der Waals surface area contributed by atoms with Gasteiger partial charge in [-0.25, -0.2) is 0 Å². The van der Waals surface area contributed by atoms with Gasteiger partial charge >= 0.3 is 5.97 Å². The third-order valence-corrected chi connectivity index (χ3v) is 3.41. The number of carbonyl (C=O) groups is 1. The standard InChI is InChI=1S/C11H13Br2NO3/c1-17-10(15)3-2-9(14)7-4-6(12)5-8(13)11(7)16/h4-5,9,16H,2-3,14H2,1H3/t9-/m0/s1. The summed E-state index contributed by atoms with van der Waals surface area (Å²) < 4.78 is 5.91. The number of hydrogen-bond donors (Lipinski definition) is 2. The summed E-state index contributed by atoms with van der Waals surface area (Å²) in [6.07, 6.45) is 0.643. The van der Waals surface area contributed by atoms with Crippen molar-refractivity contribution in [1.29, 1.82) is 0 Å². The molecule has 1 aromatic rings. The molecule has 0 aliphatic heterocycles. The number of phenolic OH excluding ortho intramolecular Hbond substituents is 1. The number of halogens is 2. The first kappa shape index (κ1) is 14.5. The van der Waals surface area contributed by atoms with E-state index in [4.69, 9.17) is 5.73 Å². The number of nitrogens with two attached hydrogens (primary N) is 1. The average Bonchev–Trinajstić information content (AvgIpc) is 2.30. The Labute approximate surface area is 116 Å². The van der Waals surface area contributed by atoms with Crippen LogP contribution in [0.4, 0.5) is 0 Å². The molecular weight excluding hydrogens is 354 g/mol. The summed E-state index contributed by atoms with van der Waals surface area (Å²) in [5.41, 5.74) is 6.52. The predicted octanol–water partition coefficient (Wildman–Crippen LogP) is 2.87. The highest BCUT2D eigenvalue weighted by Gasteiger charge is 2.15. The minimum absolute atomic E-state index is 0.102. The maximum atomic E-state index is 11.0. The minimum atomic E-state index is -0.414. The van der Waals surface area contributed by atoms with Crippen LogP contribution in [0.5, 0.6) is 5.75 Å². The van der Waals surface area contributed by atoms with E-state index < -0.39 is 6.04 Å². The molecule has 0 aliphatic carbocycles. The van der Waals surface area contributed by atoms with Crippen LogP contribution in [0.1, 0.15) is 24.4 Å². The Balaban J connectivity index is 2.81. The highest BCUT2D eigenvalue weighted by molar-refractivity contribution is 9.11. The first-order valence-corrected chi connectivity index (χ1v) is 6.54. The summed E-state index contributed by atoms with van der Waals surface area (Å²) >= 11 is 6.55. The van der Waals surface area contributed by atoms with Gasteiger partial charge in [0.25, 0.3) is 0 Å². The highest BCUT2D eigenvalue weighted by Crippen LogP contribution is 2.35. The maximum absolute atomic E-state index is 11.0. The minimum Gasteiger partial charge on any atom is -0.506 e. The van der Waals surface area contributed by atoms with E-state index in [2.05, 4.69) is 36.6 Å². The molecule has 0 unspecified atom stereocenters. The van der Waals surface area contributed by atoms with E-state index in [-0.39, 0.29) is 18.1 Å². The van der Waals surface area contributed by atoms with Crippen molar-refractivity contribution in [2.75, 3.05) is 7.11 Å². The SMILES string of the molecule is COC(=O)CC[C@H](N)c1cc(Br)cc(Br)c1O. The summed E-state index contributed by atoms with van der Waals surface area (Å²) in [6, 6.07) is 3.05. The summed E-state index contributed by atoms with van der Waals surface area (Å²) in [6.45, 7) is 0. The van der Waals surface area contributed by atoms with Crippen molar-refractivity contribution in [2.24, 2.45) is 5.73 Å². The number of hydrogen-bond acceptors (Lipinski definition) is 4. The quantitative estimate of drug-likeness (QED) is 0.803. The summed E-state index contributed by atoms with van der Waals surface area (Å²) in [7, 11) is 1.33. The third kappa shape index (κ3) is 3.97. The number of phenols is 1. The van der Waals surface area contributed by atoms with Crippen molar-refractivity contribution >= 4 is 37.8 Å². The second-order valence-electron chi connectivity index (χ2n) is 3.55. The van der Waals surface area contributed by atoms with E-state index in [1.54, 1.807) is 12.1 Å². The fraction of sp³-hybridized carbons (Fsp3) is 0.364. The number of aromatic hydroxyl groups is 1. The lowest BCUT2D eigenvalue weighted by Crippen LogP contribution is -2.13. The number of methoxy groups -OCH3 is 1. The van der Waals surface area contributed by atoms with Crippen LogP contribution in [0.2, 0.25) is 0 Å². The zero-order chi connectivity index (χ0) is 13.0. The summed E-state index contributed by atoms with van der Waals surface area (Å²) in [5, 5.41) is 9.85. The van der Waals surface area contributed by atoms with Gasteiger partial charge in [0.15, 0.2) is 0 Å². The van der Waals surface area contributed by atoms with Crippen molar-refractivity contribution in [3.05, 3.63) is 26.6 Å². The highest BCUT2D eigenvalue weighted by atomic mass is 79.9. The van der Waals surface area contributed by atoms with Gasteiger partial charge in [-0.1, -0.05) is 15.9 Å². The van der Waals surface area contributed by atoms with Gasteiger partial charge in [-0.05, 0) is 34.5 Å². The Morgan fingerprint density at radius 1 is 1.53 bits per heavy atom. The molecule has 6 heteroatoms. The molecule has 17 heavy (non-hydrogen) atoms. The van der Waals surface area contributed by atoms with Crippen LogP contribution in [-0.2, 0) is 9.53 Å². The van der Waals surface area contributed by atoms with E-state index >= 15 is 0 Å². The average molecular weight is 367 g/mol. The Morgan fingerprint density at radius 3 is 2.76 bits per heavy atom. The van der Waals surface area contributed by atoms with Crippen molar-refractivity contribution in [3.8, 4) is 5.75 Å². The van der Waals surface area contributed by atoms with E-state index in [0.717, 1.165) is 4.47 Å². The molecule has 0 spiro atoms. The van der Waals surface area contributed by atoms with Crippen LogP contribution in [0.25, 0.3) is 0 Å². The van der Waals surface area contributed by atoms with Crippen LogP contribution < -0.4 is 5.73 Å². The third-order valence-electron chi connectivity index (χ3n) is 2.34. The fourth-order valence-corrected chi connectivity index (χ4v) is 2.66. The number of ether oxygens (including phenoxy) is 1. The molecule has 0 saturated carbocycles. The summed E-state index contributed by atoms with van der Waals surface area (Å²) in [5.74, 6) is -0.209. The fourth-order valence-electron chi connectivity index (χ4n) is 1.40. The lowest BCUT2D eigenvalue weighted by Gasteiger charge is -2.14. The Hall–Kier alpha value is -0.590. The Morgan fingerprint density at radius 2 is 2.18 bits per heavy atom. The molecule has 0 bridgehead atoms. The van der Waals surface area contributed by atoms with Gasteiger partial charge in [0.2, 0.25) is 0 Å². The van der Waals surface area contributed by atoms with Gasteiger partial charge < -0.3 is 15.6 Å². The van der Waals surface area contributed by atoms with E-state index in [0.29, 0.717) is 16.5 Å². The molecule has 4 nitrogen and oxygen atoms in total. The van der Waals surface area contributed by atoms with Crippen molar-refractivity contribution in [3.63, 3.8) is 0 Å². The van der Waals surface area contributed by atoms with Crippen LogP contribution in [0, 0.1) is 0 Å². The van der Waals surface area contributed by atoms with Gasteiger partial charge in [-0.3, -0.25) is 4.79 Å².